The van der Waals surface area contributed by atoms with E-state index in [1.807, 2.05) is 0 Å². The molecule has 0 bridgehead atoms. The number of pyridine rings is 1. The van der Waals surface area contributed by atoms with E-state index < -0.39 is 18.1 Å². The van der Waals surface area contributed by atoms with Crippen molar-refractivity contribution in [2.75, 3.05) is 6.61 Å². The van der Waals surface area contributed by atoms with Crippen LogP contribution in [0.2, 0.25) is 0 Å². The summed E-state index contributed by atoms with van der Waals surface area (Å²) in [6, 6.07) is 1.16. The average Bonchev–Trinajstić information content (AvgIpc) is 2.29. The molecule has 7 heteroatoms. The van der Waals surface area contributed by atoms with Gasteiger partial charge >= 0.3 is 5.97 Å². The van der Waals surface area contributed by atoms with Crippen molar-refractivity contribution in [1.82, 2.24) is 4.98 Å². The highest BCUT2D eigenvalue weighted by atomic mass is 79.9. The highest BCUT2D eigenvalue weighted by Gasteiger charge is 2.20. The van der Waals surface area contributed by atoms with Crippen LogP contribution in [0.4, 0.5) is 8.78 Å². The minimum absolute atomic E-state index is 0.0230. The van der Waals surface area contributed by atoms with Crippen molar-refractivity contribution < 1.29 is 18.3 Å². The van der Waals surface area contributed by atoms with E-state index in [1.165, 1.54) is 0 Å². The molecule has 1 rings (SSSR count). The van der Waals surface area contributed by atoms with Crippen molar-refractivity contribution in [2.24, 2.45) is 5.73 Å². The summed E-state index contributed by atoms with van der Waals surface area (Å²) in [6.07, 6.45) is -2.76. The molecular formula is C10H11BrF2N2O2. The molecule has 94 valence electrons. The second-order valence-electron chi connectivity index (χ2n) is 3.09. The van der Waals surface area contributed by atoms with E-state index in [9.17, 15) is 13.6 Å². The molecule has 0 fully saturated rings. The van der Waals surface area contributed by atoms with E-state index in [0.29, 0.717) is 10.0 Å². The van der Waals surface area contributed by atoms with Crippen LogP contribution < -0.4 is 5.73 Å². The van der Waals surface area contributed by atoms with E-state index in [2.05, 4.69) is 20.9 Å². The summed E-state index contributed by atoms with van der Waals surface area (Å²) in [7, 11) is 0. The maximum Gasteiger partial charge on any atom is 0.358 e. The molecule has 0 atom stereocenters. The number of halogens is 3. The molecule has 1 aromatic rings. The summed E-state index contributed by atoms with van der Waals surface area (Å²) in [5.41, 5.74) is 5.13. The molecule has 0 saturated heterocycles. The van der Waals surface area contributed by atoms with Crippen LogP contribution in [0.15, 0.2) is 10.5 Å². The Hall–Kier alpha value is -1.08. The van der Waals surface area contributed by atoms with E-state index in [4.69, 9.17) is 10.5 Å². The Bertz CT molecular complexity index is 427. The monoisotopic (exact) mass is 308 g/mol. The third kappa shape index (κ3) is 3.19. The van der Waals surface area contributed by atoms with Crippen LogP contribution in [0.1, 0.15) is 35.1 Å². The van der Waals surface area contributed by atoms with E-state index in [0.717, 1.165) is 6.07 Å². The maximum absolute atomic E-state index is 12.6. The number of carbonyl (C=O) groups is 1. The van der Waals surface area contributed by atoms with Crippen molar-refractivity contribution in [3.05, 3.63) is 27.5 Å². The Balaban J connectivity index is 3.27. The van der Waals surface area contributed by atoms with E-state index in [1.54, 1.807) is 6.92 Å². The molecule has 2 N–H and O–H groups in total. The van der Waals surface area contributed by atoms with Gasteiger partial charge in [-0.1, -0.05) is 0 Å². The Morgan fingerprint density at radius 3 is 2.76 bits per heavy atom. The molecular weight excluding hydrogens is 298 g/mol. The minimum atomic E-state index is -2.76. The highest BCUT2D eigenvalue weighted by molar-refractivity contribution is 9.10. The van der Waals surface area contributed by atoms with Crippen molar-refractivity contribution in [3.8, 4) is 0 Å². The topological polar surface area (TPSA) is 65.2 Å². The Labute approximate surface area is 105 Å². The average molecular weight is 309 g/mol. The Morgan fingerprint density at radius 1 is 1.65 bits per heavy atom. The van der Waals surface area contributed by atoms with Gasteiger partial charge in [0.2, 0.25) is 0 Å². The minimum Gasteiger partial charge on any atom is -0.461 e. The van der Waals surface area contributed by atoms with Gasteiger partial charge in [-0.25, -0.2) is 18.6 Å². The van der Waals surface area contributed by atoms with Crippen molar-refractivity contribution in [1.29, 1.82) is 0 Å². The lowest BCUT2D eigenvalue weighted by Crippen LogP contribution is -2.12. The molecule has 0 aliphatic carbocycles. The molecule has 0 unspecified atom stereocenters. The first-order valence-corrected chi connectivity index (χ1v) is 5.65. The van der Waals surface area contributed by atoms with Crippen LogP contribution in [0.5, 0.6) is 0 Å². The van der Waals surface area contributed by atoms with Crippen LogP contribution >= 0.6 is 15.9 Å². The van der Waals surface area contributed by atoms with Gasteiger partial charge in [0.1, 0.15) is 5.69 Å². The van der Waals surface area contributed by atoms with Gasteiger partial charge in [0, 0.05) is 6.54 Å². The van der Waals surface area contributed by atoms with Crippen LogP contribution in [0.3, 0.4) is 0 Å². The third-order valence-electron chi connectivity index (χ3n) is 1.97. The van der Waals surface area contributed by atoms with Crippen LogP contribution in [0, 0.1) is 0 Å². The summed E-state index contributed by atoms with van der Waals surface area (Å²) < 4.78 is 30.2. The molecule has 0 aromatic carbocycles. The largest absolute Gasteiger partial charge is 0.461 e. The third-order valence-corrected chi connectivity index (χ3v) is 2.85. The van der Waals surface area contributed by atoms with Gasteiger partial charge in [-0.05, 0) is 34.5 Å². The maximum atomic E-state index is 12.6. The molecule has 1 heterocycles. The van der Waals surface area contributed by atoms with Crippen molar-refractivity contribution in [3.63, 3.8) is 0 Å². The summed E-state index contributed by atoms with van der Waals surface area (Å²) in [5.74, 6) is -0.753. The number of rotatable bonds is 4. The lowest BCUT2D eigenvalue weighted by atomic mass is 10.2. The highest BCUT2D eigenvalue weighted by Crippen LogP contribution is 2.26. The van der Waals surface area contributed by atoms with Gasteiger partial charge < -0.3 is 10.5 Å². The van der Waals surface area contributed by atoms with Crippen LogP contribution in [-0.2, 0) is 11.3 Å². The first kappa shape index (κ1) is 14.0. The number of nitrogens with zero attached hydrogens (tertiary/aromatic N) is 1. The smallest absolute Gasteiger partial charge is 0.358 e. The van der Waals surface area contributed by atoms with Gasteiger partial charge in [-0.15, -0.1) is 0 Å². The fourth-order valence-corrected chi connectivity index (χ4v) is 1.73. The number of hydrogen-bond donors (Lipinski definition) is 1. The van der Waals surface area contributed by atoms with E-state index in [-0.39, 0.29) is 18.8 Å². The molecule has 0 aliphatic heterocycles. The molecule has 17 heavy (non-hydrogen) atoms. The number of carbonyl (C=O) groups excluding carboxylic acids is 1. The molecule has 4 nitrogen and oxygen atoms in total. The number of nitrogens with two attached hydrogens (primary N) is 1. The van der Waals surface area contributed by atoms with Gasteiger partial charge in [0.25, 0.3) is 6.43 Å². The standard InChI is InChI=1S/C10H11BrF2N2O2/c1-2-17-10(16)8-7(11)5(4-14)3-6(15-8)9(12)13/h3,9H,2,4,14H2,1H3. The fraction of sp³-hybridized carbons (Fsp3) is 0.400. The lowest BCUT2D eigenvalue weighted by molar-refractivity contribution is 0.0516. The summed E-state index contributed by atoms with van der Waals surface area (Å²) >= 11 is 3.11. The number of hydrogen-bond acceptors (Lipinski definition) is 4. The van der Waals surface area contributed by atoms with Crippen LogP contribution in [-0.4, -0.2) is 17.6 Å². The zero-order valence-corrected chi connectivity index (χ0v) is 10.6. The first-order valence-electron chi connectivity index (χ1n) is 4.85. The molecule has 1 aromatic heterocycles. The molecule has 0 spiro atoms. The fourth-order valence-electron chi connectivity index (χ4n) is 1.20. The molecule has 0 amide bonds. The van der Waals surface area contributed by atoms with Gasteiger partial charge in [-0.3, -0.25) is 0 Å². The van der Waals surface area contributed by atoms with Crippen LogP contribution in [0.25, 0.3) is 0 Å². The van der Waals surface area contributed by atoms with Gasteiger partial charge in [-0.2, -0.15) is 0 Å². The quantitative estimate of drug-likeness (QED) is 0.868. The normalized spacial score (nSPS) is 10.7. The SMILES string of the molecule is CCOC(=O)c1nc(C(F)F)cc(CN)c1Br. The number of aromatic nitrogens is 1. The molecule has 0 aliphatic rings. The van der Waals surface area contributed by atoms with Gasteiger partial charge in [0.15, 0.2) is 5.69 Å². The number of alkyl halides is 2. The predicted octanol–water partition coefficient (Wildman–Crippen LogP) is 2.42. The zero-order valence-electron chi connectivity index (χ0n) is 9.04. The number of esters is 1. The van der Waals surface area contributed by atoms with E-state index >= 15 is 0 Å². The predicted molar refractivity (Wildman–Crippen MR) is 60.7 cm³/mol. The van der Waals surface area contributed by atoms with Gasteiger partial charge in [0.05, 0.1) is 11.1 Å². The Kier molecular flexibility index (Phi) is 4.95. The molecule has 0 saturated carbocycles. The summed E-state index contributed by atoms with van der Waals surface area (Å²) in [6.45, 7) is 1.78. The van der Waals surface area contributed by atoms with Crippen molar-refractivity contribution >= 4 is 21.9 Å². The second kappa shape index (κ2) is 6.02. The number of ether oxygens (including phenoxy) is 1. The van der Waals surface area contributed by atoms with Crippen molar-refractivity contribution in [2.45, 2.75) is 19.9 Å². The molecule has 0 radical (unpaired) electrons. The first-order chi connectivity index (χ1) is 8.01. The summed E-state index contributed by atoms with van der Waals surface area (Å²) in [5, 5.41) is 0. The Morgan fingerprint density at radius 2 is 2.29 bits per heavy atom. The lowest BCUT2D eigenvalue weighted by Gasteiger charge is -2.10. The second-order valence-corrected chi connectivity index (χ2v) is 3.89. The summed E-state index contributed by atoms with van der Waals surface area (Å²) in [4.78, 5) is 15.1. The zero-order chi connectivity index (χ0) is 13.0.